The number of carbonyl (C=O) groups excluding carboxylic acids is 1. The summed E-state index contributed by atoms with van der Waals surface area (Å²) in [7, 11) is 0. The van der Waals surface area contributed by atoms with E-state index in [2.05, 4.69) is 19.2 Å². The molecular formula is C27H40N2O4. The lowest BCUT2D eigenvalue weighted by molar-refractivity contribution is -0.202. The van der Waals surface area contributed by atoms with Crippen molar-refractivity contribution >= 4 is 5.91 Å². The largest absolute Gasteiger partial charge is 0.431 e. The SMILES string of the molecule is C[C@@H](N)C(=O)N[C@@H]1CC[C@]2(C)[C@H](CC[C@@H]3[C@H]2CC[C@]2(C)[C@@H](c4ccc(=O)oc4)CC[C@@]32O)C1. The third kappa shape index (κ3) is 3.43. The molecule has 0 aliphatic heterocycles. The summed E-state index contributed by atoms with van der Waals surface area (Å²) in [5, 5.41) is 15.5. The molecule has 5 rings (SSSR count). The first-order valence-electron chi connectivity index (χ1n) is 13.0. The molecular weight excluding hydrogens is 416 g/mol. The van der Waals surface area contributed by atoms with Gasteiger partial charge in [0.2, 0.25) is 5.91 Å². The van der Waals surface area contributed by atoms with Crippen LogP contribution in [0.5, 0.6) is 0 Å². The summed E-state index contributed by atoms with van der Waals surface area (Å²) >= 11 is 0. The summed E-state index contributed by atoms with van der Waals surface area (Å²) in [5.74, 6) is 1.59. The van der Waals surface area contributed by atoms with Gasteiger partial charge in [-0.25, -0.2) is 4.79 Å². The van der Waals surface area contributed by atoms with Crippen molar-refractivity contribution in [3.05, 3.63) is 34.4 Å². The van der Waals surface area contributed by atoms with E-state index in [1.54, 1.807) is 13.2 Å². The minimum absolute atomic E-state index is 0.0474. The highest BCUT2D eigenvalue weighted by atomic mass is 16.4. The number of carbonyl (C=O) groups is 1. The number of amides is 1. The first-order valence-corrected chi connectivity index (χ1v) is 13.0. The Balaban J connectivity index is 1.37. The Bertz CT molecular complexity index is 955. The van der Waals surface area contributed by atoms with Gasteiger partial charge in [-0.2, -0.15) is 0 Å². The van der Waals surface area contributed by atoms with Gasteiger partial charge in [-0.3, -0.25) is 4.79 Å². The molecule has 182 valence electrons. The molecule has 1 amide bonds. The quantitative estimate of drug-likeness (QED) is 0.643. The van der Waals surface area contributed by atoms with Crippen molar-refractivity contribution in [3.8, 4) is 0 Å². The first kappa shape index (κ1) is 23.1. The maximum atomic E-state index is 12.3. The third-order valence-corrected chi connectivity index (χ3v) is 10.7. The molecule has 0 unspecified atom stereocenters. The number of fused-ring (bicyclic) bond motifs is 5. The normalized spacial score (nSPS) is 45.4. The van der Waals surface area contributed by atoms with Crippen LogP contribution < -0.4 is 16.7 Å². The highest BCUT2D eigenvalue weighted by Gasteiger charge is 2.67. The van der Waals surface area contributed by atoms with Crippen LogP contribution in [0.3, 0.4) is 0 Å². The molecule has 9 atom stereocenters. The fraction of sp³-hybridized carbons (Fsp3) is 0.778. The molecule has 1 heterocycles. The van der Waals surface area contributed by atoms with E-state index < -0.39 is 11.6 Å². The van der Waals surface area contributed by atoms with Gasteiger partial charge in [0.1, 0.15) is 0 Å². The number of hydrogen-bond acceptors (Lipinski definition) is 5. The molecule has 4 fully saturated rings. The van der Waals surface area contributed by atoms with Crippen LogP contribution in [0.2, 0.25) is 0 Å². The maximum Gasteiger partial charge on any atom is 0.335 e. The van der Waals surface area contributed by atoms with Crippen LogP contribution >= 0.6 is 0 Å². The van der Waals surface area contributed by atoms with Gasteiger partial charge in [0.05, 0.1) is 17.9 Å². The van der Waals surface area contributed by atoms with Crippen LogP contribution in [0.1, 0.15) is 90.0 Å². The van der Waals surface area contributed by atoms with Crippen LogP contribution in [-0.4, -0.2) is 28.7 Å². The Hall–Kier alpha value is -1.66. The van der Waals surface area contributed by atoms with Crippen molar-refractivity contribution in [3.63, 3.8) is 0 Å². The van der Waals surface area contributed by atoms with Gasteiger partial charge in [-0.1, -0.05) is 13.8 Å². The minimum atomic E-state index is -0.676. The van der Waals surface area contributed by atoms with E-state index >= 15 is 0 Å². The van der Waals surface area contributed by atoms with Gasteiger partial charge < -0.3 is 20.6 Å². The van der Waals surface area contributed by atoms with Crippen molar-refractivity contribution in [1.29, 1.82) is 0 Å². The average molecular weight is 457 g/mol. The van der Waals surface area contributed by atoms with E-state index in [1.807, 2.05) is 6.07 Å². The van der Waals surface area contributed by atoms with E-state index in [4.69, 9.17) is 10.2 Å². The van der Waals surface area contributed by atoms with Crippen LogP contribution in [0.15, 0.2) is 27.6 Å². The monoisotopic (exact) mass is 456 g/mol. The van der Waals surface area contributed by atoms with E-state index in [1.165, 1.54) is 6.07 Å². The van der Waals surface area contributed by atoms with Gasteiger partial charge in [0.15, 0.2) is 0 Å². The van der Waals surface area contributed by atoms with Crippen LogP contribution in [0.25, 0.3) is 0 Å². The summed E-state index contributed by atoms with van der Waals surface area (Å²) in [5.41, 5.74) is 5.85. The number of aliphatic hydroxyl groups is 1. The number of rotatable bonds is 3. The summed E-state index contributed by atoms with van der Waals surface area (Å²) < 4.78 is 5.20. The summed E-state index contributed by atoms with van der Waals surface area (Å²) in [6, 6.07) is 3.16. The second kappa shape index (κ2) is 7.94. The van der Waals surface area contributed by atoms with Crippen molar-refractivity contribution in [1.82, 2.24) is 5.32 Å². The molecule has 0 aromatic carbocycles. The van der Waals surface area contributed by atoms with Crippen molar-refractivity contribution in [2.45, 2.75) is 102 Å². The molecule has 0 saturated heterocycles. The second-order valence-corrected chi connectivity index (χ2v) is 12.1. The molecule has 4 aliphatic carbocycles. The molecule has 0 spiro atoms. The van der Waals surface area contributed by atoms with Crippen LogP contribution in [0, 0.1) is 28.6 Å². The van der Waals surface area contributed by atoms with Crippen molar-refractivity contribution < 1.29 is 14.3 Å². The topological polar surface area (TPSA) is 106 Å². The number of nitrogens with one attached hydrogen (secondary N) is 1. The lowest BCUT2D eigenvalue weighted by Crippen LogP contribution is -2.62. The van der Waals surface area contributed by atoms with Gasteiger partial charge in [0.25, 0.3) is 0 Å². The lowest BCUT2D eigenvalue weighted by atomic mass is 9.43. The molecule has 33 heavy (non-hydrogen) atoms. The highest BCUT2D eigenvalue weighted by Crippen LogP contribution is 2.70. The molecule has 4 aliphatic rings. The Morgan fingerprint density at radius 3 is 2.61 bits per heavy atom. The van der Waals surface area contributed by atoms with Gasteiger partial charge >= 0.3 is 5.63 Å². The van der Waals surface area contributed by atoms with Crippen LogP contribution in [0.4, 0.5) is 0 Å². The van der Waals surface area contributed by atoms with Gasteiger partial charge in [-0.15, -0.1) is 0 Å². The summed E-state index contributed by atoms with van der Waals surface area (Å²) in [6.45, 7) is 6.48. The Labute approximate surface area is 196 Å². The Morgan fingerprint density at radius 1 is 1.12 bits per heavy atom. The fourth-order valence-electron chi connectivity index (χ4n) is 8.79. The molecule has 4 N–H and O–H groups in total. The number of hydrogen-bond donors (Lipinski definition) is 3. The van der Waals surface area contributed by atoms with E-state index in [-0.39, 0.29) is 34.3 Å². The van der Waals surface area contributed by atoms with Crippen molar-refractivity contribution in [2.24, 2.45) is 34.3 Å². The smallest absolute Gasteiger partial charge is 0.335 e. The zero-order chi connectivity index (χ0) is 23.6. The predicted molar refractivity (Wildman–Crippen MR) is 126 cm³/mol. The maximum absolute atomic E-state index is 12.3. The highest BCUT2D eigenvalue weighted by molar-refractivity contribution is 5.81. The Kier molecular flexibility index (Phi) is 5.56. The Morgan fingerprint density at radius 2 is 1.91 bits per heavy atom. The number of nitrogens with two attached hydrogens (primary N) is 1. The van der Waals surface area contributed by atoms with Crippen LogP contribution in [-0.2, 0) is 4.79 Å². The summed E-state index contributed by atoms with van der Waals surface area (Å²) in [4.78, 5) is 23.6. The third-order valence-electron chi connectivity index (χ3n) is 10.7. The molecule has 1 aromatic heterocycles. The lowest BCUT2D eigenvalue weighted by Gasteiger charge is -2.63. The molecule has 6 heteroatoms. The molecule has 1 aromatic rings. The zero-order valence-corrected chi connectivity index (χ0v) is 20.3. The standard InChI is InChI=1S/C27H40N2O4/c1-16(28)24(31)29-19-8-11-25(2)18(14-19)5-6-22-21(25)9-12-26(3)20(10-13-27(22,26)32)17-4-7-23(30)33-15-17/h4,7,15-16,18-22,32H,5-6,8-14,28H2,1-3H3,(H,29,31)/t16-,18-,19-,20-,21-,22-,25-,26-,27-/m1/s1. The van der Waals surface area contributed by atoms with E-state index in [9.17, 15) is 14.7 Å². The average Bonchev–Trinajstić information content (AvgIpc) is 3.06. The van der Waals surface area contributed by atoms with Gasteiger partial charge in [0, 0.05) is 17.5 Å². The summed E-state index contributed by atoms with van der Waals surface area (Å²) in [6.07, 6.45) is 10.8. The first-order chi connectivity index (χ1) is 15.6. The van der Waals surface area contributed by atoms with E-state index in [0.29, 0.717) is 17.8 Å². The van der Waals surface area contributed by atoms with Gasteiger partial charge in [-0.05, 0) is 105 Å². The molecule has 6 nitrogen and oxygen atoms in total. The molecule has 0 radical (unpaired) electrons. The zero-order valence-electron chi connectivity index (χ0n) is 20.3. The fourth-order valence-corrected chi connectivity index (χ4v) is 8.79. The molecule has 4 saturated carbocycles. The minimum Gasteiger partial charge on any atom is -0.431 e. The molecule has 0 bridgehead atoms. The van der Waals surface area contributed by atoms with Crippen molar-refractivity contribution in [2.75, 3.05) is 0 Å². The van der Waals surface area contributed by atoms with E-state index in [0.717, 1.165) is 63.4 Å². The predicted octanol–water partition coefficient (Wildman–Crippen LogP) is 3.71. The second-order valence-electron chi connectivity index (χ2n) is 12.1.